The molecule has 0 radical (unpaired) electrons. The molecule has 0 saturated heterocycles. The summed E-state index contributed by atoms with van der Waals surface area (Å²) in [6, 6.07) is 6.27. The van der Waals surface area contributed by atoms with E-state index in [1.807, 2.05) is 0 Å². The molecule has 1 aromatic carbocycles. The van der Waals surface area contributed by atoms with Gasteiger partial charge in [0.25, 0.3) is 0 Å². The zero-order valence-corrected chi connectivity index (χ0v) is 14.5. The highest BCUT2D eigenvalue weighted by Gasteiger charge is 2.30. The first kappa shape index (κ1) is 20.2. The SMILES string of the molecule is Cc1cc(NC(=O)CN(C)CC(=O)Nc2ccc(OC(F)(F)F)cc2)no1. The number of anilines is 2. The third-order valence-electron chi connectivity index (χ3n) is 3.09. The van der Waals surface area contributed by atoms with E-state index in [9.17, 15) is 22.8 Å². The summed E-state index contributed by atoms with van der Waals surface area (Å²) >= 11 is 0. The Morgan fingerprint density at radius 2 is 1.74 bits per heavy atom. The third-order valence-corrected chi connectivity index (χ3v) is 3.09. The van der Waals surface area contributed by atoms with E-state index in [4.69, 9.17) is 4.52 Å². The van der Waals surface area contributed by atoms with Crippen LogP contribution < -0.4 is 15.4 Å². The lowest BCUT2D eigenvalue weighted by atomic mass is 10.3. The van der Waals surface area contributed by atoms with Crippen LogP contribution in [-0.4, -0.2) is 48.4 Å². The summed E-state index contributed by atoms with van der Waals surface area (Å²) in [5.74, 6) is -0.391. The molecule has 0 aliphatic carbocycles. The number of hydrogen-bond acceptors (Lipinski definition) is 6. The van der Waals surface area contributed by atoms with Gasteiger partial charge in [-0.3, -0.25) is 14.5 Å². The van der Waals surface area contributed by atoms with E-state index in [-0.39, 0.29) is 24.8 Å². The number of carbonyl (C=O) groups is 2. The maximum Gasteiger partial charge on any atom is 0.573 e. The minimum atomic E-state index is -4.78. The molecule has 2 N–H and O–H groups in total. The van der Waals surface area contributed by atoms with Gasteiger partial charge in [0.15, 0.2) is 5.82 Å². The second-order valence-corrected chi connectivity index (χ2v) is 5.66. The fourth-order valence-corrected chi connectivity index (χ4v) is 2.09. The first-order valence-corrected chi connectivity index (χ1v) is 7.68. The third kappa shape index (κ3) is 7.36. The second kappa shape index (κ2) is 8.54. The maximum absolute atomic E-state index is 12.1. The van der Waals surface area contributed by atoms with Gasteiger partial charge < -0.3 is 19.9 Å². The van der Waals surface area contributed by atoms with E-state index in [1.54, 1.807) is 20.0 Å². The second-order valence-electron chi connectivity index (χ2n) is 5.66. The number of carbonyl (C=O) groups excluding carboxylic acids is 2. The molecule has 27 heavy (non-hydrogen) atoms. The largest absolute Gasteiger partial charge is 0.573 e. The summed E-state index contributed by atoms with van der Waals surface area (Å²) < 4.78 is 44.9. The number of hydrogen-bond donors (Lipinski definition) is 2. The van der Waals surface area contributed by atoms with Gasteiger partial charge in [-0.2, -0.15) is 0 Å². The average Bonchev–Trinajstić information content (AvgIpc) is 2.92. The van der Waals surface area contributed by atoms with Crippen molar-refractivity contribution in [2.75, 3.05) is 30.8 Å². The number of nitrogens with one attached hydrogen (secondary N) is 2. The lowest BCUT2D eigenvalue weighted by Crippen LogP contribution is -2.36. The lowest BCUT2D eigenvalue weighted by Gasteiger charge is -2.15. The Morgan fingerprint density at radius 3 is 2.26 bits per heavy atom. The molecule has 0 fully saturated rings. The van der Waals surface area contributed by atoms with Crippen LogP contribution in [-0.2, 0) is 9.59 Å². The summed E-state index contributed by atoms with van der Waals surface area (Å²) in [5, 5.41) is 8.65. The summed E-state index contributed by atoms with van der Waals surface area (Å²) in [6.07, 6.45) is -4.78. The predicted molar refractivity (Wildman–Crippen MR) is 89.1 cm³/mol. The highest BCUT2D eigenvalue weighted by Crippen LogP contribution is 2.23. The molecule has 146 valence electrons. The van der Waals surface area contributed by atoms with Gasteiger partial charge in [-0.1, -0.05) is 5.16 Å². The van der Waals surface area contributed by atoms with E-state index < -0.39 is 18.0 Å². The Kier molecular flexibility index (Phi) is 6.40. The Morgan fingerprint density at radius 1 is 1.15 bits per heavy atom. The van der Waals surface area contributed by atoms with Gasteiger partial charge in [0, 0.05) is 11.8 Å². The minimum absolute atomic E-state index is 0.0717. The standard InChI is InChI=1S/C16H17F3N4O4/c1-10-7-13(22-27-10)21-15(25)9-23(2)8-14(24)20-11-3-5-12(6-4-11)26-16(17,18)19/h3-7H,8-9H2,1-2H3,(H,20,24)(H,21,22,25). The number of amides is 2. The van der Waals surface area contributed by atoms with Gasteiger partial charge in [0.1, 0.15) is 11.5 Å². The Balaban J connectivity index is 1.78. The first-order valence-electron chi connectivity index (χ1n) is 7.68. The molecule has 2 aromatic rings. The number of aromatic nitrogens is 1. The van der Waals surface area contributed by atoms with Crippen LogP contribution in [0.1, 0.15) is 5.76 Å². The van der Waals surface area contributed by atoms with Crippen LogP contribution >= 0.6 is 0 Å². The molecule has 11 heteroatoms. The van der Waals surface area contributed by atoms with Crippen molar-refractivity contribution in [2.45, 2.75) is 13.3 Å². The van der Waals surface area contributed by atoms with Gasteiger partial charge >= 0.3 is 6.36 Å². The van der Waals surface area contributed by atoms with Crippen molar-refractivity contribution in [3.05, 3.63) is 36.1 Å². The molecule has 0 atom stereocenters. The normalized spacial score (nSPS) is 11.3. The quantitative estimate of drug-likeness (QED) is 0.759. The number of benzene rings is 1. The molecular weight excluding hydrogens is 369 g/mol. The van der Waals surface area contributed by atoms with Gasteiger partial charge in [-0.25, -0.2) is 0 Å². The van der Waals surface area contributed by atoms with E-state index >= 15 is 0 Å². The van der Waals surface area contributed by atoms with Crippen molar-refractivity contribution in [3.63, 3.8) is 0 Å². The van der Waals surface area contributed by atoms with Gasteiger partial charge in [-0.15, -0.1) is 13.2 Å². The van der Waals surface area contributed by atoms with E-state index in [0.717, 1.165) is 12.1 Å². The lowest BCUT2D eigenvalue weighted by molar-refractivity contribution is -0.274. The van der Waals surface area contributed by atoms with Crippen molar-refractivity contribution >= 4 is 23.3 Å². The zero-order valence-electron chi connectivity index (χ0n) is 14.5. The van der Waals surface area contributed by atoms with Crippen molar-refractivity contribution in [1.82, 2.24) is 10.1 Å². The topological polar surface area (TPSA) is 96.7 Å². The van der Waals surface area contributed by atoms with Gasteiger partial charge in [0.2, 0.25) is 11.8 Å². The number of halogens is 3. The molecule has 0 spiro atoms. The van der Waals surface area contributed by atoms with E-state index in [0.29, 0.717) is 11.4 Å². The molecule has 0 aliphatic rings. The number of nitrogens with zero attached hydrogens (tertiary/aromatic N) is 2. The molecule has 0 saturated carbocycles. The molecule has 2 rings (SSSR count). The minimum Gasteiger partial charge on any atom is -0.406 e. The van der Waals surface area contributed by atoms with E-state index in [1.165, 1.54) is 17.0 Å². The molecule has 1 heterocycles. The number of alkyl halides is 3. The van der Waals surface area contributed by atoms with Crippen LogP contribution in [0.3, 0.4) is 0 Å². The zero-order chi connectivity index (χ0) is 20.0. The van der Waals surface area contributed by atoms with Crippen molar-refractivity contribution in [1.29, 1.82) is 0 Å². The fourth-order valence-electron chi connectivity index (χ4n) is 2.09. The van der Waals surface area contributed by atoms with Crippen LogP contribution in [0.5, 0.6) is 5.75 Å². The van der Waals surface area contributed by atoms with Crippen LogP contribution in [0, 0.1) is 6.92 Å². The Labute approximate surface area is 152 Å². The molecule has 2 amide bonds. The highest BCUT2D eigenvalue weighted by atomic mass is 19.4. The Bertz CT molecular complexity index is 790. The summed E-state index contributed by atoms with van der Waals surface area (Å²) in [7, 11) is 1.56. The van der Waals surface area contributed by atoms with Gasteiger partial charge in [0.05, 0.1) is 13.1 Å². The van der Waals surface area contributed by atoms with Crippen LogP contribution in [0.25, 0.3) is 0 Å². The van der Waals surface area contributed by atoms with Crippen LogP contribution in [0.2, 0.25) is 0 Å². The smallest absolute Gasteiger partial charge is 0.406 e. The number of rotatable bonds is 7. The van der Waals surface area contributed by atoms with Crippen molar-refractivity contribution < 1.29 is 32.0 Å². The monoisotopic (exact) mass is 386 g/mol. The summed E-state index contributed by atoms with van der Waals surface area (Å²) in [5.41, 5.74) is 0.297. The van der Waals surface area contributed by atoms with Crippen molar-refractivity contribution in [2.24, 2.45) is 0 Å². The van der Waals surface area contributed by atoms with E-state index in [2.05, 4.69) is 20.5 Å². The van der Waals surface area contributed by atoms with Crippen LogP contribution in [0.15, 0.2) is 34.9 Å². The summed E-state index contributed by atoms with van der Waals surface area (Å²) in [4.78, 5) is 25.3. The molecular formula is C16H17F3N4O4. The molecule has 0 bridgehead atoms. The number of aryl methyl sites for hydroxylation is 1. The fraction of sp³-hybridized carbons (Fsp3) is 0.312. The maximum atomic E-state index is 12.1. The van der Waals surface area contributed by atoms with Crippen LogP contribution in [0.4, 0.5) is 24.7 Å². The molecule has 0 unspecified atom stereocenters. The number of likely N-dealkylation sites (N-methyl/N-ethyl adjacent to an activating group) is 1. The predicted octanol–water partition coefficient (Wildman–Crippen LogP) is 2.39. The van der Waals surface area contributed by atoms with Gasteiger partial charge in [-0.05, 0) is 38.2 Å². The summed E-state index contributed by atoms with van der Waals surface area (Å²) in [6.45, 7) is 1.50. The van der Waals surface area contributed by atoms with Crippen molar-refractivity contribution in [3.8, 4) is 5.75 Å². The molecule has 0 aliphatic heterocycles. The molecule has 1 aromatic heterocycles. The Hall–Kier alpha value is -3.08. The number of ether oxygens (including phenoxy) is 1. The molecule has 8 nitrogen and oxygen atoms in total. The average molecular weight is 386 g/mol. The first-order chi connectivity index (χ1) is 12.6. The highest BCUT2D eigenvalue weighted by molar-refractivity contribution is 5.94.